The molecule has 1 saturated carbocycles. The van der Waals surface area contributed by atoms with Crippen LogP contribution in [0.1, 0.15) is 30.5 Å². The number of hydrogen-bond acceptors (Lipinski definition) is 3. The Hall–Kier alpha value is -0.610. The summed E-state index contributed by atoms with van der Waals surface area (Å²) in [5.41, 5.74) is 0. The lowest BCUT2D eigenvalue weighted by Gasteiger charge is -2.05. The summed E-state index contributed by atoms with van der Waals surface area (Å²) in [6.45, 7) is 0.514. The fourth-order valence-corrected chi connectivity index (χ4v) is 1.62. The zero-order valence-corrected chi connectivity index (χ0v) is 8.29. The highest BCUT2D eigenvalue weighted by atomic mass is 35.5. The van der Waals surface area contributed by atoms with Gasteiger partial charge in [-0.2, -0.15) is 0 Å². The van der Waals surface area contributed by atoms with Crippen LogP contribution in [0.5, 0.6) is 0 Å². The summed E-state index contributed by atoms with van der Waals surface area (Å²) in [7, 11) is 1.66. The Balaban J connectivity index is 2.27. The molecule has 1 fully saturated rings. The molecule has 2 rings (SSSR count). The van der Waals surface area contributed by atoms with Gasteiger partial charge in [0.05, 0.1) is 5.88 Å². The van der Waals surface area contributed by atoms with Crippen molar-refractivity contribution in [2.24, 2.45) is 0 Å². The topological polar surface area (TPSA) is 39.9 Å². The van der Waals surface area contributed by atoms with Crippen LogP contribution in [0.4, 0.5) is 0 Å². The van der Waals surface area contributed by atoms with E-state index in [2.05, 4.69) is 14.8 Å². The lowest BCUT2D eigenvalue weighted by molar-refractivity contribution is 0.173. The van der Waals surface area contributed by atoms with Gasteiger partial charge in [-0.25, -0.2) is 0 Å². The lowest BCUT2D eigenvalue weighted by Crippen LogP contribution is -2.05. The number of methoxy groups -OCH3 is 1. The summed E-state index contributed by atoms with van der Waals surface area (Å²) in [6.07, 6.45) is 2.41. The van der Waals surface area contributed by atoms with Gasteiger partial charge in [0.15, 0.2) is 5.82 Å². The first-order valence-electron chi connectivity index (χ1n) is 4.34. The van der Waals surface area contributed by atoms with E-state index >= 15 is 0 Å². The SMILES string of the molecule is COCc1nnc(CCl)n1C1CC1. The van der Waals surface area contributed by atoms with Crippen LogP contribution in [0, 0.1) is 0 Å². The van der Waals surface area contributed by atoms with Crippen molar-refractivity contribution < 1.29 is 4.74 Å². The molecular formula is C8H12ClN3O. The summed E-state index contributed by atoms with van der Waals surface area (Å²) >= 11 is 5.75. The van der Waals surface area contributed by atoms with Crippen LogP contribution in [0.15, 0.2) is 0 Å². The highest BCUT2D eigenvalue weighted by Crippen LogP contribution is 2.36. The molecule has 1 aliphatic carbocycles. The van der Waals surface area contributed by atoms with Gasteiger partial charge in [-0.05, 0) is 12.8 Å². The zero-order chi connectivity index (χ0) is 9.26. The minimum atomic E-state index is 0.424. The van der Waals surface area contributed by atoms with E-state index in [1.807, 2.05) is 0 Å². The molecule has 0 N–H and O–H groups in total. The first kappa shape index (κ1) is 8.97. The Labute approximate surface area is 81.9 Å². The molecule has 13 heavy (non-hydrogen) atoms. The Kier molecular flexibility index (Phi) is 2.51. The van der Waals surface area contributed by atoms with Crippen molar-refractivity contribution in [3.8, 4) is 0 Å². The second kappa shape index (κ2) is 3.64. The average Bonchev–Trinajstić information content (AvgIpc) is 2.89. The number of aromatic nitrogens is 3. The number of rotatable bonds is 4. The first-order chi connectivity index (χ1) is 6.36. The second-order valence-corrected chi connectivity index (χ2v) is 3.47. The van der Waals surface area contributed by atoms with Crippen LogP contribution in [-0.2, 0) is 17.2 Å². The average molecular weight is 202 g/mol. The lowest BCUT2D eigenvalue weighted by atomic mass is 10.5. The maximum absolute atomic E-state index is 5.75. The van der Waals surface area contributed by atoms with Crippen molar-refractivity contribution in [1.29, 1.82) is 0 Å². The number of ether oxygens (including phenoxy) is 1. The monoisotopic (exact) mass is 201 g/mol. The normalized spacial score (nSPS) is 16.5. The molecule has 0 unspecified atom stereocenters. The van der Waals surface area contributed by atoms with E-state index in [-0.39, 0.29) is 0 Å². The van der Waals surface area contributed by atoms with Gasteiger partial charge in [-0.15, -0.1) is 21.8 Å². The van der Waals surface area contributed by atoms with E-state index in [1.54, 1.807) is 7.11 Å². The minimum Gasteiger partial charge on any atom is -0.377 e. The van der Waals surface area contributed by atoms with Crippen molar-refractivity contribution in [2.45, 2.75) is 31.4 Å². The zero-order valence-electron chi connectivity index (χ0n) is 7.53. The number of hydrogen-bond donors (Lipinski definition) is 0. The molecule has 0 atom stereocenters. The van der Waals surface area contributed by atoms with Gasteiger partial charge < -0.3 is 9.30 Å². The van der Waals surface area contributed by atoms with E-state index < -0.39 is 0 Å². The minimum absolute atomic E-state index is 0.424. The number of alkyl halides is 1. The van der Waals surface area contributed by atoms with Gasteiger partial charge in [0.2, 0.25) is 0 Å². The molecule has 0 amide bonds. The van der Waals surface area contributed by atoms with Crippen LogP contribution in [0.25, 0.3) is 0 Å². The van der Waals surface area contributed by atoms with E-state index in [1.165, 1.54) is 12.8 Å². The molecule has 0 saturated heterocycles. The molecular weight excluding hydrogens is 190 g/mol. The smallest absolute Gasteiger partial charge is 0.159 e. The molecule has 0 aliphatic heterocycles. The fraction of sp³-hybridized carbons (Fsp3) is 0.750. The predicted octanol–water partition coefficient (Wildman–Crippen LogP) is 1.50. The summed E-state index contributed by atoms with van der Waals surface area (Å²) in [6, 6.07) is 0.564. The van der Waals surface area contributed by atoms with Gasteiger partial charge in [-0.3, -0.25) is 0 Å². The highest BCUT2D eigenvalue weighted by molar-refractivity contribution is 6.16. The molecule has 5 heteroatoms. The summed E-state index contributed by atoms with van der Waals surface area (Å²) in [5, 5.41) is 8.06. The van der Waals surface area contributed by atoms with Crippen molar-refractivity contribution in [1.82, 2.24) is 14.8 Å². The maximum Gasteiger partial charge on any atom is 0.159 e. The molecule has 0 bridgehead atoms. The van der Waals surface area contributed by atoms with Crippen LogP contribution in [-0.4, -0.2) is 21.9 Å². The third kappa shape index (κ3) is 1.69. The van der Waals surface area contributed by atoms with Crippen molar-refractivity contribution in [2.75, 3.05) is 7.11 Å². The Morgan fingerprint density at radius 3 is 2.69 bits per heavy atom. The van der Waals surface area contributed by atoms with Crippen molar-refractivity contribution >= 4 is 11.6 Å². The van der Waals surface area contributed by atoms with E-state index in [9.17, 15) is 0 Å². The van der Waals surface area contributed by atoms with Crippen LogP contribution < -0.4 is 0 Å². The number of halogens is 1. The van der Waals surface area contributed by atoms with Gasteiger partial charge in [0, 0.05) is 13.2 Å². The van der Waals surface area contributed by atoms with Crippen molar-refractivity contribution in [3.63, 3.8) is 0 Å². The van der Waals surface area contributed by atoms with E-state index in [4.69, 9.17) is 16.3 Å². The Morgan fingerprint density at radius 2 is 2.15 bits per heavy atom. The molecule has 1 aromatic rings. The molecule has 4 nitrogen and oxygen atoms in total. The van der Waals surface area contributed by atoms with Gasteiger partial charge in [0.25, 0.3) is 0 Å². The Bertz CT molecular complexity index is 296. The summed E-state index contributed by atoms with van der Waals surface area (Å²) < 4.78 is 7.15. The molecule has 0 spiro atoms. The summed E-state index contributed by atoms with van der Waals surface area (Å²) in [5.74, 6) is 2.17. The molecule has 1 aromatic heterocycles. The van der Waals surface area contributed by atoms with Crippen LogP contribution in [0.3, 0.4) is 0 Å². The summed E-state index contributed by atoms with van der Waals surface area (Å²) in [4.78, 5) is 0. The predicted molar refractivity (Wildman–Crippen MR) is 48.6 cm³/mol. The molecule has 1 aliphatic rings. The maximum atomic E-state index is 5.75. The van der Waals surface area contributed by atoms with E-state index in [0.29, 0.717) is 18.5 Å². The quantitative estimate of drug-likeness (QED) is 0.694. The van der Waals surface area contributed by atoms with Gasteiger partial charge in [0.1, 0.15) is 12.4 Å². The largest absolute Gasteiger partial charge is 0.377 e. The Morgan fingerprint density at radius 1 is 1.46 bits per heavy atom. The molecule has 72 valence electrons. The third-order valence-electron chi connectivity index (χ3n) is 2.14. The molecule has 1 heterocycles. The number of nitrogens with zero attached hydrogens (tertiary/aromatic N) is 3. The van der Waals surface area contributed by atoms with Crippen LogP contribution in [0.2, 0.25) is 0 Å². The first-order valence-corrected chi connectivity index (χ1v) is 4.87. The highest BCUT2D eigenvalue weighted by Gasteiger charge is 2.28. The van der Waals surface area contributed by atoms with Crippen LogP contribution >= 0.6 is 11.6 Å². The van der Waals surface area contributed by atoms with E-state index in [0.717, 1.165) is 11.6 Å². The second-order valence-electron chi connectivity index (χ2n) is 3.20. The van der Waals surface area contributed by atoms with Gasteiger partial charge in [-0.1, -0.05) is 0 Å². The van der Waals surface area contributed by atoms with Crippen molar-refractivity contribution in [3.05, 3.63) is 11.6 Å². The van der Waals surface area contributed by atoms with Gasteiger partial charge >= 0.3 is 0 Å². The third-order valence-corrected chi connectivity index (χ3v) is 2.38. The standard InChI is InChI=1S/C8H12ClN3O/c1-13-5-8-11-10-7(4-9)12(8)6-2-3-6/h6H,2-5H2,1H3. The fourth-order valence-electron chi connectivity index (χ4n) is 1.43. The molecule has 0 aromatic carbocycles. The molecule has 0 radical (unpaired) electrons.